The zero-order valence-electron chi connectivity index (χ0n) is 14.3. The Kier molecular flexibility index (Phi) is 7.95. The number of guanidine groups is 1. The van der Waals surface area contributed by atoms with Gasteiger partial charge in [-0.2, -0.15) is 4.98 Å². The topological polar surface area (TPSA) is 75.3 Å². The quantitative estimate of drug-likeness (QED) is 0.412. The number of hydrogen-bond donors (Lipinski definition) is 2. The molecule has 0 aliphatic carbocycles. The van der Waals surface area contributed by atoms with Crippen molar-refractivity contribution in [3.05, 3.63) is 35.2 Å². The number of nitrogens with zero attached hydrogens (tertiary/aromatic N) is 3. The maximum atomic E-state index is 5.97. The minimum absolute atomic E-state index is 0. The van der Waals surface area contributed by atoms with E-state index in [0.717, 1.165) is 11.5 Å². The Hall–Kier alpha value is -1.35. The molecule has 132 valence electrons. The van der Waals surface area contributed by atoms with Gasteiger partial charge in [-0.25, -0.2) is 0 Å². The van der Waals surface area contributed by atoms with Gasteiger partial charge in [-0.15, -0.1) is 24.0 Å². The van der Waals surface area contributed by atoms with Crippen LogP contribution in [-0.4, -0.2) is 35.2 Å². The molecular formula is C16H23ClIN5O. The van der Waals surface area contributed by atoms with E-state index >= 15 is 0 Å². The van der Waals surface area contributed by atoms with Gasteiger partial charge in [0, 0.05) is 36.1 Å². The molecule has 0 saturated heterocycles. The van der Waals surface area contributed by atoms with Crippen LogP contribution >= 0.6 is 35.6 Å². The second kappa shape index (κ2) is 9.22. The smallest absolute Gasteiger partial charge is 0.228 e. The Bertz CT molecular complexity index is 681. The lowest BCUT2D eigenvalue weighted by Crippen LogP contribution is -2.48. The summed E-state index contributed by atoms with van der Waals surface area (Å²) < 4.78 is 5.27. The van der Waals surface area contributed by atoms with E-state index in [4.69, 9.17) is 16.1 Å². The summed E-state index contributed by atoms with van der Waals surface area (Å²) in [4.78, 5) is 8.56. The van der Waals surface area contributed by atoms with Crippen LogP contribution in [0, 0.1) is 0 Å². The van der Waals surface area contributed by atoms with E-state index in [1.807, 2.05) is 24.3 Å². The van der Waals surface area contributed by atoms with Gasteiger partial charge in [0.1, 0.15) is 0 Å². The zero-order valence-corrected chi connectivity index (χ0v) is 17.3. The highest BCUT2D eigenvalue weighted by Crippen LogP contribution is 2.19. The Labute approximate surface area is 164 Å². The van der Waals surface area contributed by atoms with E-state index in [2.05, 4.69) is 46.5 Å². The van der Waals surface area contributed by atoms with Gasteiger partial charge < -0.3 is 15.2 Å². The third-order valence-corrected chi connectivity index (χ3v) is 3.13. The summed E-state index contributed by atoms with van der Waals surface area (Å²) in [7, 11) is 1.74. The van der Waals surface area contributed by atoms with Gasteiger partial charge >= 0.3 is 0 Å². The zero-order chi connectivity index (χ0) is 16.9. The Balaban J connectivity index is 0.00000288. The lowest BCUT2D eigenvalue weighted by Gasteiger charge is -2.23. The number of aliphatic imine (C=N–C) groups is 1. The monoisotopic (exact) mass is 463 g/mol. The molecule has 2 rings (SSSR count). The van der Waals surface area contributed by atoms with Gasteiger partial charge in [-0.3, -0.25) is 4.99 Å². The number of benzene rings is 1. The molecule has 1 aromatic carbocycles. The first-order valence-corrected chi connectivity index (χ1v) is 7.82. The summed E-state index contributed by atoms with van der Waals surface area (Å²) in [6.07, 6.45) is 0.610. The Morgan fingerprint density at radius 2 is 2.08 bits per heavy atom. The van der Waals surface area contributed by atoms with Gasteiger partial charge in [0.2, 0.25) is 11.7 Å². The van der Waals surface area contributed by atoms with Crippen molar-refractivity contribution in [1.29, 1.82) is 0 Å². The van der Waals surface area contributed by atoms with Crippen LogP contribution in [0.1, 0.15) is 26.7 Å². The third-order valence-electron chi connectivity index (χ3n) is 2.90. The van der Waals surface area contributed by atoms with E-state index in [0.29, 0.717) is 29.7 Å². The highest BCUT2D eigenvalue weighted by atomic mass is 127. The fourth-order valence-corrected chi connectivity index (χ4v) is 2.11. The predicted octanol–water partition coefficient (Wildman–Crippen LogP) is 3.51. The molecule has 6 nitrogen and oxygen atoms in total. The standard InChI is InChI=1S/C16H22ClN5O.HI/c1-16(2,3)21-15(18-4)19-9-8-13-20-14(22-23-13)11-6-5-7-12(17)10-11;/h5-7,10H,8-9H2,1-4H3,(H2,18,19,21);1H. The van der Waals surface area contributed by atoms with Gasteiger partial charge in [0.05, 0.1) is 0 Å². The highest BCUT2D eigenvalue weighted by molar-refractivity contribution is 14.0. The fraction of sp³-hybridized carbons (Fsp3) is 0.438. The molecule has 2 N–H and O–H groups in total. The average molecular weight is 464 g/mol. The molecule has 2 aromatic rings. The molecule has 0 fully saturated rings. The Morgan fingerprint density at radius 1 is 1.33 bits per heavy atom. The van der Waals surface area contributed by atoms with Crippen molar-refractivity contribution in [3.8, 4) is 11.4 Å². The van der Waals surface area contributed by atoms with Crippen LogP contribution in [0.2, 0.25) is 5.02 Å². The maximum Gasteiger partial charge on any atom is 0.228 e. The summed E-state index contributed by atoms with van der Waals surface area (Å²) in [5.74, 6) is 1.85. The number of halogens is 2. The van der Waals surface area contributed by atoms with Crippen LogP contribution in [0.15, 0.2) is 33.8 Å². The van der Waals surface area contributed by atoms with Crippen LogP contribution in [0.3, 0.4) is 0 Å². The summed E-state index contributed by atoms with van der Waals surface area (Å²) in [5, 5.41) is 11.1. The van der Waals surface area contributed by atoms with E-state index in [-0.39, 0.29) is 29.5 Å². The van der Waals surface area contributed by atoms with Crippen molar-refractivity contribution >= 4 is 41.5 Å². The predicted molar refractivity (Wildman–Crippen MR) is 108 cm³/mol. The maximum absolute atomic E-state index is 5.97. The minimum Gasteiger partial charge on any atom is -0.356 e. The van der Waals surface area contributed by atoms with Crippen LogP contribution in [0.5, 0.6) is 0 Å². The Morgan fingerprint density at radius 3 is 2.71 bits per heavy atom. The lowest BCUT2D eigenvalue weighted by molar-refractivity contribution is 0.378. The molecule has 1 aromatic heterocycles. The minimum atomic E-state index is -0.0495. The van der Waals surface area contributed by atoms with Gasteiger partial charge in [-0.1, -0.05) is 28.9 Å². The fourth-order valence-electron chi connectivity index (χ4n) is 1.92. The SMILES string of the molecule is CN=C(NCCc1nc(-c2cccc(Cl)c2)no1)NC(C)(C)C.I. The van der Waals surface area contributed by atoms with E-state index in [9.17, 15) is 0 Å². The van der Waals surface area contributed by atoms with Gasteiger partial charge in [0.15, 0.2) is 5.96 Å². The molecule has 1 heterocycles. The van der Waals surface area contributed by atoms with Gasteiger partial charge in [-0.05, 0) is 32.9 Å². The van der Waals surface area contributed by atoms with E-state index < -0.39 is 0 Å². The van der Waals surface area contributed by atoms with Gasteiger partial charge in [0.25, 0.3) is 0 Å². The number of nitrogens with one attached hydrogen (secondary N) is 2. The molecule has 0 amide bonds. The molecule has 0 atom stereocenters. The second-order valence-corrected chi connectivity index (χ2v) is 6.58. The number of rotatable bonds is 4. The highest BCUT2D eigenvalue weighted by Gasteiger charge is 2.12. The molecule has 0 saturated carbocycles. The largest absolute Gasteiger partial charge is 0.356 e. The van der Waals surface area contributed by atoms with Crippen molar-refractivity contribution in [2.45, 2.75) is 32.7 Å². The first kappa shape index (κ1) is 20.7. The molecule has 0 aliphatic rings. The number of hydrogen-bond acceptors (Lipinski definition) is 4. The molecule has 24 heavy (non-hydrogen) atoms. The third kappa shape index (κ3) is 6.64. The average Bonchev–Trinajstić information content (AvgIpc) is 2.94. The van der Waals surface area contributed by atoms with Crippen LogP contribution in [-0.2, 0) is 6.42 Å². The van der Waals surface area contributed by atoms with Crippen molar-refractivity contribution in [2.75, 3.05) is 13.6 Å². The first-order chi connectivity index (χ1) is 10.9. The number of aromatic nitrogens is 2. The summed E-state index contributed by atoms with van der Waals surface area (Å²) in [6.45, 7) is 6.88. The first-order valence-electron chi connectivity index (χ1n) is 7.45. The van der Waals surface area contributed by atoms with Crippen molar-refractivity contribution in [3.63, 3.8) is 0 Å². The lowest BCUT2D eigenvalue weighted by atomic mass is 10.1. The molecule has 0 unspecified atom stereocenters. The van der Waals surface area contributed by atoms with Crippen molar-refractivity contribution in [2.24, 2.45) is 4.99 Å². The molecular weight excluding hydrogens is 441 g/mol. The molecule has 0 radical (unpaired) electrons. The van der Waals surface area contributed by atoms with E-state index in [1.165, 1.54) is 0 Å². The van der Waals surface area contributed by atoms with Crippen LogP contribution < -0.4 is 10.6 Å². The summed E-state index contributed by atoms with van der Waals surface area (Å²) in [6, 6.07) is 7.37. The molecule has 0 spiro atoms. The van der Waals surface area contributed by atoms with E-state index in [1.54, 1.807) is 7.05 Å². The van der Waals surface area contributed by atoms with Crippen molar-refractivity contribution in [1.82, 2.24) is 20.8 Å². The van der Waals surface area contributed by atoms with Crippen LogP contribution in [0.25, 0.3) is 11.4 Å². The normalized spacial score (nSPS) is 11.8. The second-order valence-electron chi connectivity index (χ2n) is 6.15. The molecule has 0 bridgehead atoms. The molecule has 0 aliphatic heterocycles. The molecule has 8 heteroatoms. The van der Waals surface area contributed by atoms with Crippen molar-refractivity contribution < 1.29 is 4.52 Å². The summed E-state index contributed by atoms with van der Waals surface area (Å²) in [5.41, 5.74) is 0.789. The summed E-state index contributed by atoms with van der Waals surface area (Å²) >= 11 is 5.97. The van der Waals surface area contributed by atoms with Crippen LogP contribution in [0.4, 0.5) is 0 Å².